The van der Waals surface area contributed by atoms with Crippen LogP contribution in [0.25, 0.3) is 0 Å². The van der Waals surface area contributed by atoms with E-state index in [9.17, 15) is 4.79 Å². The lowest BCUT2D eigenvalue weighted by Gasteiger charge is -2.33. The molecule has 74 valence electrons. The molecule has 0 aromatic heterocycles. The van der Waals surface area contributed by atoms with Crippen molar-refractivity contribution in [3.05, 3.63) is 0 Å². The first-order chi connectivity index (χ1) is 5.81. The van der Waals surface area contributed by atoms with Crippen LogP contribution in [0.15, 0.2) is 0 Å². The zero-order valence-corrected chi connectivity index (χ0v) is 9.84. The normalized spacial score (nSPS) is 15.5. The van der Waals surface area contributed by atoms with Gasteiger partial charge in [0.2, 0.25) is 5.91 Å². The van der Waals surface area contributed by atoms with Crippen molar-refractivity contribution < 1.29 is 4.79 Å². The number of hydrogen-bond acceptors (Lipinski definition) is 2. The number of amides is 1. The summed E-state index contributed by atoms with van der Waals surface area (Å²) in [4.78, 5) is 11.2. The standard InChI is InChI=1S/C9H14ClNOS/c1-5-6-8(2,3)9(10,13-4)7(11)12/h1-4H3,(H2,11,12). The van der Waals surface area contributed by atoms with E-state index in [4.69, 9.17) is 17.3 Å². The Hall–Kier alpha value is -0.330. The van der Waals surface area contributed by atoms with Gasteiger partial charge in [0.25, 0.3) is 0 Å². The number of halogens is 1. The molecule has 4 heteroatoms. The van der Waals surface area contributed by atoms with Crippen LogP contribution in [0.2, 0.25) is 0 Å². The van der Waals surface area contributed by atoms with Crippen LogP contribution >= 0.6 is 23.4 Å². The SMILES string of the molecule is CC#CC(C)(C)C(Cl)(SC)C(N)=O. The lowest BCUT2D eigenvalue weighted by molar-refractivity contribution is -0.119. The number of primary amides is 1. The largest absolute Gasteiger partial charge is 0.367 e. The van der Waals surface area contributed by atoms with Gasteiger partial charge in [0, 0.05) is 0 Å². The molecule has 1 unspecified atom stereocenters. The van der Waals surface area contributed by atoms with Crippen LogP contribution in [0.1, 0.15) is 20.8 Å². The first-order valence-corrected chi connectivity index (χ1v) is 5.40. The molecule has 0 aliphatic rings. The Bertz CT molecular complexity index is 267. The van der Waals surface area contributed by atoms with Crippen LogP contribution in [-0.4, -0.2) is 16.4 Å². The summed E-state index contributed by atoms with van der Waals surface area (Å²) >= 11 is 7.33. The van der Waals surface area contributed by atoms with Gasteiger partial charge in [-0.05, 0) is 27.0 Å². The molecule has 2 nitrogen and oxygen atoms in total. The highest BCUT2D eigenvalue weighted by atomic mass is 35.5. The van der Waals surface area contributed by atoms with Crippen molar-refractivity contribution >= 4 is 29.3 Å². The van der Waals surface area contributed by atoms with E-state index >= 15 is 0 Å². The third-order valence-corrected chi connectivity index (χ3v) is 4.24. The van der Waals surface area contributed by atoms with Crippen LogP contribution in [0.5, 0.6) is 0 Å². The minimum atomic E-state index is -1.16. The number of alkyl halides is 1. The van der Waals surface area contributed by atoms with Gasteiger partial charge in [-0.1, -0.05) is 17.5 Å². The quantitative estimate of drug-likeness (QED) is 0.581. The molecule has 0 saturated carbocycles. The molecule has 2 N–H and O–H groups in total. The lowest BCUT2D eigenvalue weighted by atomic mass is 9.88. The fraction of sp³-hybridized carbons (Fsp3) is 0.667. The molecular weight excluding hydrogens is 206 g/mol. The van der Waals surface area contributed by atoms with Crippen molar-refractivity contribution in [2.24, 2.45) is 11.1 Å². The molecular formula is C9H14ClNOS. The maximum absolute atomic E-state index is 11.2. The molecule has 0 fully saturated rings. The van der Waals surface area contributed by atoms with Gasteiger partial charge in [-0.25, -0.2) is 0 Å². The first kappa shape index (κ1) is 12.7. The summed E-state index contributed by atoms with van der Waals surface area (Å²) in [5.41, 5.74) is 4.61. The third-order valence-electron chi connectivity index (χ3n) is 1.84. The minimum Gasteiger partial charge on any atom is -0.367 e. The molecule has 0 rings (SSSR count). The average Bonchev–Trinajstić information content (AvgIpc) is 2.02. The second-order valence-corrected chi connectivity index (χ2v) is 4.98. The molecule has 0 saturated heterocycles. The number of hydrogen-bond donors (Lipinski definition) is 1. The van der Waals surface area contributed by atoms with Gasteiger partial charge in [0.1, 0.15) is 0 Å². The summed E-state index contributed by atoms with van der Waals surface area (Å²) in [7, 11) is 0. The predicted molar refractivity (Wildman–Crippen MR) is 58.5 cm³/mol. The molecule has 0 aromatic carbocycles. The van der Waals surface area contributed by atoms with E-state index in [2.05, 4.69) is 11.8 Å². The highest BCUT2D eigenvalue weighted by Crippen LogP contribution is 2.44. The van der Waals surface area contributed by atoms with Gasteiger partial charge >= 0.3 is 0 Å². The van der Waals surface area contributed by atoms with Crippen molar-refractivity contribution in [2.75, 3.05) is 6.26 Å². The number of thioether (sulfide) groups is 1. The molecule has 0 bridgehead atoms. The average molecular weight is 220 g/mol. The Morgan fingerprint density at radius 3 is 2.23 bits per heavy atom. The van der Waals surface area contributed by atoms with Crippen molar-refractivity contribution in [3.63, 3.8) is 0 Å². The third kappa shape index (κ3) is 2.32. The number of carbonyl (C=O) groups excluding carboxylic acids is 1. The molecule has 0 aliphatic heterocycles. The summed E-state index contributed by atoms with van der Waals surface area (Å²) in [5, 5.41) is 0. The molecule has 1 amide bonds. The van der Waals surface area contributed by atoms with Crippen LogP contribution in [-0.2, 0) is 4.79 Å². The molecule has 0 aromatic rings. The zero-order valence-electron chi connectivity index (χ0n) is 8.27. The van der Waals surface area contributed by atoms with E-state index in [0.717, 1.165) is 0 Å². The van der Waals surface area contributed by atoms with E-state index < -0.39 is 15.5 Å². The van der Waals surface area contributed by atoms with Crippen LogP contribution < -0.4 is 5.73 Å². The summed E-state index contributed by atoms with van der Waals surface area (Å²) < 4.78 is -1.16. The Kier molecular flexibility index (Phi) is 4.15. The summed E-state index contributed by atoms with van der Waals surface area (Å²) in [6.07, 6.45) is 1.75. The lowest BCUT2D eigenvalue weighted by Crippen LogP contribution is -2.46. The van der Waals surface area contributed by atoms with E-state index in [1.807, 2.05) is 0 Å². The van der Waals surface area contributed by atoms with Gasteiger partial charge in [-0.2, -0.15) is 0 Å². The maximum atomic E-state index is 11.2. The van der Waals surface area contributed by atoms with E-state index in [-0.39, 0.29) is 0 Å². The van der Waals surface area contributed by atoms with Gasteiger partial charge in [-0.3, -0.25) is 4.79 Å². The second kappa shape index (κ2) is 4.26. The molecule has 0 radical (unpaired) electrons. The highest BCUT2D eigenvalue weighted by molar-refractivity contribution is 8.02. The molecule has 0 heterocycles. The molecule has 1 atom stereocenters. The smallest absolute Gasteiger partial charge is 0.250 e. The van der Waals surface area contributed by atoms with E-state index in [0.29, 0.717) is 0 Å². The second-order valence-electron chi connectivity index (χ2n) is 3.16. The monoisotopic (exact) mass is 219 g/mol. The van der Waals surface area contributed by atoms with Crippen LogP contribution in [0.4, 0.5) is 0 Å². The van der Waals surface area contributed by atoms with Gasteiger partial charge in [0.05, 0.1) is 5.41 Å². The number of nitrogens with two attached hydrogens (primary N) is 1. The minimum absolute atomic E-state index is 0.547. The van der Waals surface area contributed by atoms with Crippen molar-refractivity contribution in [1.29, 1.82) is 0 Å². The summed E-state index contributed by atoms with van der Waals surface area (Å²) in [6, 6.07) is 0. The maximum Gasteiger partial charge on any atom is 0.250 e. The molecule has 0 aliphatic carbocycles. The zero-order chi connectivity index (χ0) is 10.7. The summed E-state index contributed by atoms with van der Waals surface area (Å²) in [5.74, 6) is 5.09. The van der Waals surface area contributed by atoms with Gasteiger partial charge in [0.15, 0.2) is 4.21 Å². The number of carbonyl (C=O) groups is 1. The van der Waals surface area contributed by atoms with E-state index in [1.165, 1.54) is 11.8 Å². The topological polar surface area (TPSA) is 43.1 Å². The first-order valence-electron chi connectivity index (χ1n) is 3.79. The molecule has 13 heavy (non-hydrogen) atoms. The van der Waals surface area contributed by atoms with Gasteiger partial charge in [-0.15, -0.1) is 17.7 Å². The Morgan fingerprint density at radius 2 is 2.00 bits per heavy atom. The number of rotatable bonds is 3. The highest BCUT2D eigenvalue weighted by Gasteiger charge is 2.47. The van der Waals surface area contributed by atoms with Crippen molar-refractivity contribution in [3.8, 4) is 11.8 Å². The predicted octanol–water partition coefficient (Wildman–Crippen LogP) is 1.82. The van der Waals surface area contributed by atoms with Crippen LogP contribution in [0, 0.1) is 17.3 Å². The molecule has 0 spiro atoms. The van der Waals surface area contributed by atoms with E-state index in [1.54, 1.807) is 27.0 Å². The fourth-order valence-corrected chi connectivity index (χ4v) is 1.87. The Morgan fingerprint density at radius 1 is 1.54 bits per heavy atom. The summed E-state index contributed by atoms with van der Waals surface area (Å²) in [6.45, 7) is 5.32. The Balaban J connectivity index is 5.14. The van der Waals surface area contributed by atoms with Crippen molar-refractivity contribution in [1.82, 2.24) is 0 Å². The van der Waals surface area contributed by atoms with Crippen molar-refractivity contribution in [2.45, 2.75) is 25.0 Å². The van der Waals surface area contributed by atoms with Crippen LogP contribution in [0.3, 0.4) is 0 Å². The van der Waals surface area contributed by atoms with Gasteiger partial charge < -0.3 is 5.73 Å². The fourth-order valence-electron chi connectivity index (χ4n) is 1.06. The Labute approximate surface area is 88.6 Å².